The number of rotatable bonds is 1. The maximum absolute atomic E-state index is 6.01. The van der Waals surface area contributed by atoms with E-state index >= 15 is 0 Å². The molecule has 0 saturated heterocycles. The average molecular weight is 151 g/mol. The Labute approximate surface area is 69.0 Å². The third-order valence-electron chi connectivity index (χ3n) is 2.18. The molecule has 0 heterocycles. The van der Waals surface area contributed by atoms with Crippen LogP contribution in [0, 0.1) is 0 Å². The van der Waals surface area contributed by atoms with Crippen molar-refractivity contribution >= 4 is 0 Å². The van der Waals surface area contributed by atoms with Crippen LogP contribution in [0.3, 0.4) is 0 Å². The fraction of sp³-hybridized carbons (Fsp3) is 0.600. The van der Waals surface area contributed by atoms with Gasteiger partial charge in [-0.25, -0.2) is 0 Å². The van der Waals surface area contributed by atoms with Crippen molar-refractivity contribution in [1.29, 1.82) is 0 Å². The van der Waals surface area contributed by atoms with E-state index in [0.717, 1.165) is 12.8 Å². The van der Waals surface area contributed by atoms with Crippen molar-refractivity contribution in [3.63, 3.8) is 0 Å². The van der Waals surface area contributed by atoms with Crippen LogP contribution in [-0.4, -0.2) is 5.54 Å². The Morgan fingerprint density at radius 2 is 2.09 bits per heavy atom. The minimum absolute atomic E-state index is 0.130. The van der Waals surface area contributed by atoms with Crippen molar-refractivity contribution in [2.75, 3.05) is 0 Å². The Bertz CT molecular complexity index is 203. The van der Waals surface area contributed by atoms with Crippen molar-refractivity contribution in [3.8, 4) is 0 Å². The van der Waals surface area contributed by atoms with Gasteiger partial charge in [0.2, 0.25) is 0 Å². The summed E-state index contributed by atoms with van der Waals surface area (Å²) in [6, 6.07) is 0. The molecule has 0 radical (unpaired) electrons. The maximum atomic E-state index is 6.01. The fourth-order valence-electron chi connectivity index (χ4n) is 1.62. The minimum atomic E-state index is -0.130. The molecule has 1 heteroatoms. The highest BCUT2D eigenvalue weighted by Crippen LogP contribution is 2.26. The lowest BCUT2D eigenvalue weighted by Crippen LogP contribution is -2.35. The van der Waals surface area contributed by atoms with Gasteiger partial charge in [0.25, 0.3) is 0 Å². The van der Waals surface area contributed by atoms with Gasteiger partial charge in [0.05, 0.1) is 0 Å². The molecule has 0 fully saturated rings. The van der Waals surface area contributed by atoms with Gasteiger partial charge in [-0.15, -0.1) is 0 Å². The molecule has 1 aliphatic carbocycles. The van der Waals surface area contributed by atoms with E-state index < -0.39 is 0 Å². The Kier molecular flexibility index (Phi) is 2.19. The Morgan fingerprint density at radius 1 is 1.45 bits per heavy atom. The van der Waals surface area contributed by atoms with Gasteiger partial charge in [-0.1, -0.05) is 17.7 Å². The van der Waals surface area contributed by atoms with E-state index in [1.165, 1.54) is 11.1 Å². The largest absolute Gasteiger partial charge is 0.322 e. The second kappa shape index (κ2) is 2.82. The van der Waals surface area contributed by atoms with Crippen LogP contribution in [0.1, 0.15) is 33.6 Å². The first-order valence-electron chi connectivity index (χ1n) is 4.17. The lowest BCUT2D eigenvalue weighted by Gasteiger charge is -2.26. The minimum Gasteiger partial charge on any atom is -0.322 e. The molecule has 1 aliphatic rings. The molecular weight excluding hydrogens is 134 g/mol. The van der Waals surface area contributed by atoms with E-state index in [9.17, 15) is 0 Å². The van der Waals surface area contributed by atoms with E-state index in [4.69, 9.17) is 5.73 Å². The fourth-order valence-corrected chi connectivity index (χ4v) is 1.62. The highest BCUT2D eigenvalue weighted by Gasteiger charge is 2.19. The van der Waals surface area contributed by atoms with Crippen LogP contribution < -0.4 is 5.73 Å². The van der Waals surface area contributed by atoms with Crippen LogP contribution in [-0.2, 0) is 0 Å². The first kappa shape index (κ1) is 8.54. The van der Waals surface area contributed by atoms with E-state index in [0.29, 0.717) is 0 Å². The molecule has 0 bridgehead atoms. The Balaban J connectivity index is 2.93. The molecule has 1 rings (SSSR count). The van der Waals surface area contributed by atoms with Crippen molar-refractivity contribution in [2.45, 2.75) is 39.2 Å². The molecule has 0 aliphatic heterocycles. The predicted molar refractivity (Wildman–Crippen MR) is 49.3 cm³/mol. The van der Waals surface area contributed by atoms with Gasteiger partial charge in [-0.2, -0.15) is 0 Å². The van der Waals surface area contributed by atoms with Crippen LogP contribution >= 0.6 is 0 Å². The molecule has 11 heavy (non-hydrogen) atoms. The van der Waals surface area contributed by atoms with Crippen molar-refractivity contribution in [3.05, 3.63) is 23.3 Å². The van der Waals surface area contributed by atoms with Crippen LogP contribution in [0.15, 0.2) is 23.3 Å². The first-order valence-corrected chi connectivity index (χ1v) is 4.17. The van der Waals surface area contributed by atoms with E-state index in [1.54, 1.807) is 0 Å². The third-order valence-corrected chi connectivity index (χ3v) is 2.18. The van der Waals surface area contributed by atoms with Gasteiger partial charge in [-0.3, -0.25) is 0 Å². The smallest absolute Gasteiger partial charge is 0.0317 e. The standard InChI is InChI=1S/C10H17N/c1-8-6-4-5-7-9(8)10(2,3)11/h4,6H,5,7,11H2,1-3H3. The molecular formula is C10H17N. The SMILES string of the molecule is CC1=C(C(C)(C)N)CCC=C1. The van der Waals surface area contributed by atoms with Crippen LogP contribution in [0.5, 0.6) is 0 Å². The summed E-state index contributed by atoms with van der Waals surface area (Å²) in [5, 5.41) is 0. The summed E-state index contributed by atoms with van der Waals surface area (Å²) in [4.78, 5) is 0. The number of hydrogen-bond acceptors (Lipinski definition) is 1. The molecule has 0 atom stereocenters. The van der Waals surface area contributed by atoms with Gasteiger partial charge >= 0.3 is 0 Å². The molecule has 0 aromatic carbocycles. The summed E-state index contributed by atoms with van der Waals surface area (Å²) < 4.78 is 0. The zero-order chi connectivity index (χ0) is 8.48. The maximum Gasteiger partial charge on any atom is 0.0317 e. The molecule has 1 nitrogen and oxygen atoms in total. The highest BCUT2D eigenvalue weighted by molar-refractivity contribution is 5.33. The van der Waals surface area contributed by atoms with Gasteiger partial charge < -0.3 is 5.73 Å². The Hall–Kier alpha value is -0.560. The zero-order valence-corrected chi connectivity index (χ0v) is 7.65. The summed E-state index contributed by atoms with van der Waals surface area (Å²) in [5.74, 6) is 0. The van der Waals surface area contributed by atoms with Gasteiger partial charge in [0.1, 0.15) is 0 Å². The third kappa shape index (κ3) is 1.93. The van der Waals surface area contributed by atoms with E-state index in [1.807, 2.05) is 0 Å². The monoisotopic (exact) mass is 151 g/mol. The van der Waals surface area contributed by atoms with Crippen LogP contribution in [0.2, 0.25) is 0 Å². The normalized spacial score (nSPS) is 19.3. The van der Waals surface area contributed by atoms with Crippen LogP contribution in [0.4, 0.5) is 0 Å². The summed E-state index contributed by atoms with van der Waals surface area (Å²) >= 11 is 0. The molecule has 0 amide bonds. The lowest BCUT2D eigenvalue weighted by atomic mass is 9.85. The first-order chi connectivity index (χ1) is 5.02. The van der Waals surface area contributed by atoms with E-state index in [2.05, 4.69) is 32.9 Å². The van der Waals surface area contributed by atoms with E-state index in [-0.39, 0.29) is 5.54 Å². The molecule has 0 unspecified atom stereocenters. The molecule has 0 spiro atoms. The molecule has 0 aromatic rings. The highest BCUT2D eigenvalue weighted by atomic mass is 14.7. The van der Waals surface area contributed by atoms with Crippen molar-refractivity contribution in [1.82, 2.24) is 0 Å². The predicted octanol–water partition coefficient (Wildman–Crippen LogP) is 2.39. The van der Waals surface area contributed by atoms with Crippen LogP contribution in [0.25, 0.3) is 0 Å². The molecule has 0 aromatic heterocycles. The zero-order valence-electron chi connectivity index (χ0n) is 7.65. The number of allylic oxidation sites excluding steroid dienone is 3. The average Bonchev–Trinajstić information content (AvgIpc) is 1.86. The van der Waals surface area contributed by atoms with Gasteiger partial charge in [0.15, 0.2) is 0 Å². The number of hydrogen-bond donors (Lipinski definition) is 1. The molecule has 62 valence electrons. The lowest BCUT2D eigenvalue weighted by molar-refractivity contribution is 0.575. The summed E-state index contributed by atoms with van der Waals surface area (Å²) in [7, 11) is 0. The second-order valence-electron chi connectivity index (χ2n) is 3.82. The van der Waals surface area contributed by atoms with Gasteiger partial charge in [0, 0.05) is 5.54 Å². The van der Waals surface area contributed by atoms with Crippen molar-refractivity contribution in [2.24, 2.45) is 5.73 Å². The molecule has 0 saturated carbocycles. The van der Waals surface area contributed by atoms with Crippen molar-refractivity contribution < 1.29 is 0 Å². The summed E-state index contributed by atoms with van der Waals surface area (Å²) in [6.45, 7) is 6.29. The summed E-state index contributed by atoms with van der Waals surface area (Å²) in [6.07, 6.45) is 6.66. The number of nitrogens with two attached hydrogens (primary N) is 1. The topological polar surface area (TPSA) is 26.0 Å². The second-order valence-corrected chi connectivity index (χ2v) is 3.82. The molecule has 2 N–H and O–H groups in total. The summed E-state index contributed by atoms with van der Waals surface area (Å²) in [5.41, 5.74) is 8.63. The quantitative estimate of drug-likeness (QED) is 0.612. The van der Waals surface area contributed by atoms with Gasteiger partial charge in [-0.05, 0) is 39.2 Å². The Morgan fingerprint density at radius 3 is 2.45 bits per heavy atom.